The van der Waals surface area contributed by atoms with E-state index in [1.165, 1.54) is 6.92 Å². The molecule has 0 saturated heterocycles. The van der Waals surface area contributed by atoms with Gasteiger partial charge in [-0.15, -0.1) is 0 Å². The van der Waals surface area contributed by atoms with Gasteiger partial charge >= 0.3 is 5.97 Å². The van der Waals surface area contributed by atoms with Crippen molar-refractivity contribution in [3.63, 3.8) is 0 Å². The summed E-state index contributed by atoms with van der Waals surface area (Å²) in [5.74, 6) is -0.552. The predicted octanol–water partition coefficient (Wildman–Crippen LogP) is 2.04. The van der Waals surface area contributed by atoms with Gasteiger partial charge in [0.1, 0.15) is 11.8 Å². The summed E-state index contributed by atoms with van der Waals surface area (Å²) in [6, 6.07) is 6.77. The Labute approximate surface area is 125 Å². The number of aliphatic carboxylic acids is 1. The lowest BCUT2D eigenvalue weighted by Gasteiger charge is -2.09. The molecule has 0 saturated carbocycles. The third-order valence-electron chi connectivity index (χ3n) is 2.38. The maximum Gasteiger partial charge on any atom is 0.325 e. The van der Waals surface area contributed by atoms with Crippen LogP contribution in [-0.4, -0.2) is 29.6 Å². The van der Waals surface area contributed by atoms with Gasteiger partial charge in [-0.05, 0) is 60.2 Å². The lowest BCUT2D eigenvalue weighted by Crippen LogP contribution is -2.38. The number of carbonyl (C=O) groups is 2. The topological polar surface area (TPSA) is 75.6 Å². The van der Waals surface area contributed by atoms with Gasteiger partial charge in [-0.3, -0.25) is 9.59 Å². The molecule has 0 aromatic heterocycles. The third-order valence-corrected chi connectivity index (χ3v) is 3.10. The summed E-state index contributed by atoms with van der Waals surface area (Å²) >= 11 is 2.21. The van der Waals surface area contributed by atoms with E-state index in [4.69, 9.17) is 9.84 Å². The number of carboxylic acids is 1. The smallest absolute Gasteiger partial charge is 0.325 e. The predicted molar refractivity (Wildman–Crippen MR) is 79.1 cm³/mol. The zero-order chi connectivity index (χ0) is 14.3. The van der Waals surface area contributed by atoms with Crippen molar-refractivity contribution < 1.29 is 19.4 Å². The number of halogens is 1. The van der Waals surface area contributed by atoms with Gasteiger partial charge in [0.2, 0.25) is 5.91 Å². The fourth-order valence-electron chi connectivity index (χ4n) is 1.33. The van der Waals surface area contributed by atoms with Gasteiger partial charge in [0.15, 0.2) is 0 Å². The first-order chi connectivity index (χ1) is 8.99. The largest absolute Gasteiger partial charge is 0.494 e. The zero-order valence-corrected chi connectivity index (χ0v) is 12.7. The van der Waals surface area contributed by atoms with Crippen LogP contribution in [0.4, 0.5) is 0 Å². The molecule has 0 fully saturated rings. The van der Waals surface area contributed by atoms with Crippen LogP contribution in [0.1, 0.15) is 19.8 Å². The molecule has 0 aliphatic heterocycles. The Morgan fingerprint density at radius 2 is 2.00 bits per heavy atom. The number of nitrogens with one attached hydrogen (secondary N) is 1. The highest BCUT2D eigenvalue weighted by molar-refractivity contribution is 14.1. The standard InChI is InChI=1S/C13H16INO4/c1-9(13(17)18)15-12(16)3-2-8-19-11-6-4-10(14)5-7-11/h4-7,9H,2-3,8H2,1H3,(H,15,16)(H,17,18)/t9-/m0/s1. The molecule has 1 atom stereocenters. The normalized spacial score (nSPS) is 11.7. The Kier molecular flexibility index (Phi) is 6.61. The van der Waals surface area contributed by atoms with Gasteiger partial charge in [-0.2, -0.15) is 0 Å². The number of hydrogen-bond donors (Lipinski definition) is 2. The first-order valence-electron chi connectivity index (χ1n) is 5.89. The minimum Gasteiger partial charge on any atom is -0.494 e. The van der Waals surface area contributed by atoms with E-state index in [9.17, 15) is 9.59 Å². The van der Waals surface area contributed by atoms with Crippen molar-refractivity contribution >= 4 is 34.5 Å². The number of ether oxygens (including phenoxy) is 1. The number of carbonyl (C=O) groups excluding carboxylic acids is 1. The summed E-state index contributed by atoms with van der Waals surface area (Å²) < 4.78 is 6.60. The second kappa shape index (κ2) is 7.98. The minimum atomic E-state index is -1.04. The van der Waals surface area contributed by atoms with Gasteiger partial charge in [0.05, 0.1) is 6.61 Å². The number of benzene rings is 1. The maximum absolute atomic E-state index is 11.4. The van der Waals surface area contributed by atoms with E-state index >= 15 is 0 Å². The highest BCUT2D eigenvalue weighted by Gasteiger charge is 2.13. The SMILES string of the molecule is C[C@H](NC(=O)CCCOc1ccc(I)cc1)C(=O)O. The average Bonchev–Trinajstić information content (AvgIpc) is 2.36. The molecular weight excluding hydrogens is 361 g/mol. The van der Waals surface area contributed by atoms with Crippen LogP contribution in [0.15, 0.2) is 24.3 Å². The minimum absolute atomic E-state index is 0.252. The van der Waals surface area contributed by atoms with Crippen molar-refractivity contribution in [1.82, 2.24) is 5.32 Å². The Morgan fingerprint density at radius 1 is 1.37 bits per heavy atom. The van der Waals surface area contributed by atoms with Crippen LogP contribution < -0.4 is 10.1 Å². The van der Waals surface area contributed by atoms with E-state index in [2.05, 4.69) is 27.9 Å². The lowest BCUT2D eigenvalue weighted by atomic mass is 10.2. The first kappa shape index (κ1) is 15.7. The van der Waals surface area contributed by atoms with Crippen LogP contribution in [0.3, 0.4) is 0 Å². The molecule has 104 valence electrons. The van der Waals surface area contributed by atoms with Gasteiger partial charge in [-0.25, -0.2) is 0 Å². The van der Waals surface area contributed by atoms with Crippen LogP contribution in [0.25, 0.3) is 0 Å². The molecule has 1 amide bonds. The molecule has 1 aromatic rings. The number of carboxylic acid groups (broad SMARTS) is 1. The highest BCUT2D eigenvalue weighted by Crippen LogP contribution is 2.13. The average molecular weight is 377 g/mol. The van der Waals surface area contributed by atoms with Crippen molar-refractivity contribution in [3.05, 3.63) is 27.8 Å². The van der Waals surface area contributed by atoms with Crippen molar-refractivity contribution in [2.24, 2.45) is 0 Å². The summed E-state index contributed by atoms with van der Waals surface area (Å²) in [5.41, 5.74) is 0. The van der Waals surface area contributed by atoms with E-state index in [0.717, 1.165) is 9.32 Å². The Hall–Kier alpha value is -1.31. The van der Waals surface area contributed by atoms with Gasteiger partial charge in [0.25, 0.3) is 0 Å². The molecule has 1 aromatic carbocycles. The van der Waals surface area contributed by atoms with E-state index in [1.807, 2.05) is 24.3 Å². The second-order valence-electron chi connectivity index (χ2n) is 4.03. The summed E-state index contributed by atoms with van der Waals surface area (Å²) in [4.78, 5) is 21.9. The van der Waals surface area contributed by atoms with E-state index in [0.29, 0.717) is 13.0 Å². The summed E-state index contributed by atoms with van der Waals surface area (Å²) in [6.07, 6.45) is 0.798. The molecule has 1 rings (SSSR count). The van der Waals surface area contributed by atoms with E-state index in [-0.39, 0.29) is 12.3 Å². The molecule has 0 heterocycles. The number of hydrogen-bond acceptors (Lipinski definition) is 3. The molecule has 0 bridgehead atoms. The summed E-state index contributed by atoms with van der Waals surface area (Å²) in [5, 5.41) is 11.0. The fourth-order valence-corrected chi connectivity index (χ4v) is 1.69. The molecule has 5 nitrogen and oxygen atoms in total. The van der Waals surface area contributed by atoms with Crippen LogP contribution in [-0.2, 0) is 9.59 Å². The molecule has 0 aliphatic rings. The van der Waals surface area contributed by atoms with Gasteiger partial charge in [0, 0.05) is 9.99 Å². The van der Waals surface area contributed by atoms with Crippen LogP contribution in [0.2, 0.25) is 0 Å². The van der Waals surface area contributed by atoms with Gasteiger partial charge < -0.3 is 15.2 Å². The molecule has 6 heteroatoms. The first-order valence-corrected chi connectivity index (χ1v) is 6.97. The van der Waals surface area contributed by atoms with Crippen molar-refractivity contribution in [2.75, 3.05) is 6.61 Å². The molecule has 0 aliphatic carbocycles. The Bertz CT molecular complexity index is 433. The second-order valence-corrected chi connectivity index (χ2v) is 5.28. The van der Waals surface area contributed by atoms with E-state index in [1.54, 1.807) is 0 Å². The molecular formula is C13H16INO4. The Balaban J connectivity index is 2.18. The van der Waals surface area contributed by atoms with Crippen molar-refractivity contribution in [2.45, 2.75) is 25.8 Å². The highest BCUT2D eigenvalue weighted by atomic mass is 127. The monoisotopic (exact) mass is 377 g/mol. The van der Waals surface area contributed by atoms with Crippen molar-refractivity contribution in [1.29, 1.82) is 0 Å². The molecule has 0 unspecified atom stereocenters. The lowest BCUT2D eigenvalue weighted by molar-refractivity contribution is -0.141. The molecule has 19 heavy (non-hydrogen) atoms. The van der Waals surface area contributed by atoms with Gasteiger partial charge in [-0.1, -0.05) is 0 Å². The quantitative estimate of drug-likeness (QED) is 0.563. The third kappa shape index (κ3) is 6.42. The fraction of sp³-hybridized carbons (Fsp3) is 0.385. The van der Waals surface area contributed by atoms with Crippen LogP contribution in [0.5, 0.6) is 5.75 Å². The Morgan fingerprint density at radius 3 is 2.58 bits per heavy atom. The van der Waals surface area contributed by atoms with E-state index < -0.39 is 12.0 Å². The maximum atomic E-state index is 11.4. The molecule has 0 radical (unpaired) electrons. The van der Waals surface area contributed by atoms with Crippen LogP contribution in [0, 0.1) is 3.57 Å². The van der Waals surface area contributed by atoms with Crippen LogP contribution >= 0.6 is 22.6 Å². The van der Waals surface area contributed by atoms with Crippen molar-refractivity contribution in [3.8, 4) is 5.75 Å². The summed E-state index contributed by atoms with van der Waals surface area (Å²) in [7, 11) is 0. The number of rotatable bonds is 7. The summed E-state index contributed by atoms with van der Waals surface area (Å²) in [6.45, 7) is 1.86. The molecule has 0 spiro atoms. The molecule has 2 N–H and O–H groups in total. The number of amides is 1. The zero-order valence-electron chi connectivity index (χ0n) is 10.6.